The normalized spacial score (nSPS) is 13.6. The number of piperidine rings is 1. The van der Waals surface area contributed by atoms with E-state index in [2.05, 4.69) is 5.32 Å². The summed E-state index contributed by atoms with van der Waals surface area (Å²) < 4.78 is 27.7. The summed E-state index contributed by atoms with van der Waals surface area (Å²) in [7, 11) is 3.10. The van der Waals surface area contributed by atoms with Crippen molar-refractivity contribution in [2.24, 2.45) is 0 Å². The molecule has 0 unspecified atom stereocenters. The van der Waals surface area contributed by atoms with Gasteiger partial charge in [0.1, 0.15) is 0 Å². The smallest absolute Gasteiger partial charge is 0.253 e. The van der Waals surface area contributed by atoms with E-state index in [4.69, 9.17) is 23.7 Å². The number of nitrogens with zero attached hydrogens (tertiary/aromatic N) is 1. The number of carbonyl (C=O) groups is 2. The molecular formula is C27H36N2O7. The molecule has 36 heavy (non-hydrogen) atoms. The van der Waals surface area contributed by atoms with Crippen molar-refractivity contribution in [3.05, 3.63) is 41.5 Å². The summed E-state index contributed by atoms with van der Waals surface area (Å²) in [6.45, 7) is 8.03. The fraction of sp³-hybridized carbons (Fsp3) is 0.481. The van der Waals surface area contributed by atoms with Crippen LogP contribution < -0.4 is 29.0 Å². The first-order chi connectivity index (χ1) is 17.4. The van der Waals surface area contributed by atoms with E-state index in [9.17, 15) is 9.59 Å². The number of rotatable bonds is 11. The van der Waals surface area contributed by atoms with Crippen LogP contribution >= 0.6 is 0 Å². The zero-order chi connectivity index (χ0) is 26.1. The third-order valence-corrected chi connectivity index (χ3v) is 5.92. The molecule has 1 N–H and O–H groups in total. The van der Waals surface area contributed by atoms with E-state index in [1.807, 2.05) is 20.8 Å². The maximum Gasteiger partial charge on any atom is 0.253 e. The highest BCUT2D eigenvalue weighted by Crippen LogP contribution is 2.39. The summed E-state index contributed by atoms with van der Waals surface area (Å²) in [5, 5.41) is 3.09. The third-order valence-electron chi connectivity index (χ3n) is 5.92. The molecule has 3 rings (SSSR count). The van der Waals surface area contributed by atoms with Crippen molar-refractivity contribution in [2.75, 3.05) is 47.1 Å². The molecule has 0 aromatic heterocycles. The first-order valence-electron chi connectivity index (χ1n) is 12.3. The Balaban J connectivity index is 1.66. The average molecular weight is 501 g/mol. The van der Waals surface area contributed by atoms with Crippen LogP contribution in [0, 0.1) is 0 Å². The Bertz CT molecular complexity index is 1020. The van der Waals surface area contributed by atoms with Crippen LogP contribution in [-0.4, -0.2) is 69.9 Å². The fourth-order valence-corrected chi connectivity index (χ4v) is 4.17. The lowest BCUT2D eigenvalue weighted by Gasteiger charge is -2.32. The SMILES string of the molecule is CCOc1cc(C(=O)NC2CCN(C(=O)c3ccc(OC)c(OC)c3)CC2)cc(OCC)c1OCC. The van der Waals surface area contributed by atoms with Gasteiger partial charge in [-0.3, -0.25) is 9.59 Å². The Morgan fingerprint density at radius 2 is 1.36 bits per heavy atom. The standard InChI is InChI=1S/C27H36N2O7/c1-6-34-23-16-19(17-24(35-7-2)25(23)36-8-3)26(30)28-20-11-13-29(14-12-20)27(31)18-9-10-21(32-4)22(15-18)33-5/h9-10,15-17,20H,6-8,11-14H2,1-5H3,(H,28,30). The molecule has 0 spiro atoms. The molecule has 2 aromatic rings. The number of likely N-dealkylation sites (tertiary alicyclic amines) is 1. The quantitative estimate of drug-likeness (QED) is 0.499. The van der Waals surface area contributed by atoms with Crippen LogP contribution in [0.5, 0.6) is 28.7 Å². The average Bonchev–Trinajstić information content (AvgIpc) is 2.90. The van der Waals surface area contributed by atoms with Crippen molar-refractivity contribution in [1.82, 2.24) is 10.2 Å². The van der Waals surface area contributed by atoms with E-state index < -0.39 is 0 Å². The molecule has 1 saturated heterocycles. The molecule has 9 heteroatoms. The van der Waals surface area contributed by atoms with E-state index >= 15 is 0 Å². The van der Waals surface area contributed by atoms with E-state index in [0.29, 0.717) is 85.6 Å². The summed E-state index contributed by atoms with van der Waals surface area (Å²) in [6.07, 6.45) is 1.30. The Kier molecular flexibility index (Phi) is 9.67. The van der Waals surface area contributed by atoms with Crippen molar-refractivity contribution in [1.29, 1.82) is 0 Å². The van der Waals surface area contributed by atoms with Crippen LogP contribution in [-0.2, 0) is 0 Å². The predicted octanol–water partition coefficient (Wildman–Crippen LogP) is 3.93. The summed E-state index contributed by atoms with van der Waals surface area (Å²) in [4.78, 5) is 27.9. The number of methoxy groups -OCH3 is 2. The van der Waals surface area contributed by atoms with E-state index in [0.717, 1.165) is 0 Å². The highest BCUT2D eigenvalue weighted by atomic mass is 16.5. The van der Waals surface area contributed by atoms with Gasteiger partial charge in [0.2, 0.25) is 5.75 Å². The van der Waals surface area contributed by atoms with Gasteiger partial charge in [0.25, 0.3) is 11.8 Å². The summed E-state index contributed by atoms with van der Waals surface area (Å²) in [6, 6.07) is 8.46. The number of hydrogen-bond donors (Lipinski definition) is 1. The van der Waals surface area contributed by atoms with Crippen molar-refractivity contribution in [3.8, 4) is 28.7 Å². The second kappa shape index (κ2) is 12.9. The van der Waals surface area contributed by atoms with Gasteiger partial charge in [0.15, 0.2) is 23.0 Å². The Morgan fingerprint density at radius 1 is 0.806 bits per heavy atom. The Hall–Kier alpha value is -3.62. The molecule has 9 nitrogen and oxygen atoms in total. The fourth-order valence-electron chi connectivity index (χ4n) is 4.17. The number of carbonyl (C=O) groups excluding carboxylic acids is 2. The summed E-state index contributed by atoms with van der Waals surface area (Å²) in [5.41, 5.74) is 0.977. The summed E-state index contributed by atoms with van der Waals surface area (Å²) >= 11 is 0. The van der Waals surface area contributed by atoms with Gasteiger partial charge >= 0.3 is 0 Å². The van der Waals surface area contributed by atoms with Crippen LogP contribution in [0.25, 0.3) is 0 Å². The minimum Gasteiger partial charge on any atom is -0.493 e. The highest BCUT2D eigenvalue weighted by Gasteiger charge is 2.26. The Labute approximate surface area is 212 Å². The number of nitrogens with one attached hydrogen (secondary N) is 1. The van der Waals surface area contributed by atoms with Crippen LogP contribution in [0.15, 0.2) is 30.3 Å². The van der Waals surface area contributed by atoms with E-state index in [1.54, 1.807) is 49.5 Å². The second-order valence-electron chi connectivity index (χ2n) is 8.21. The number of benzene rings is 2. The van der Waals surface area contributed by atoms with Gasteiger partial charge in [0.05, 0.1) is 34.0 Å². The van der Waals surface area contributed by atoms with E-state index in [-0.39, 0.29) is 17.9 Å². The highest BCUT2D eigenvalue weighted by molar-refractivity contribution is 5.96. The van der Waals surface area contributed by atoms with Crippen LogP contribution in [0.3, 0.4) is 0 Å². The summed E-state index contributed by atoms with van der Waals surface area (Å²) in [5.74, 6) is 2.25. The molecule has 2 aromatic carbocycles. The number of amides is 2. The molecule has 1 fully saturated rings. The molecule has 1 aliphatic heterocycles. The van der Waals surface area contributed by atoms with Crippen molar-refractivity contribution >= 4 is 11.8 Å². The van der Waals surface area contributed by atoms with Crippen molar-refractivity contribution in [3.63, 3.8) is 0 Å². The van der Waals surface area contributed by atoms with Crippen molar-refractivity contribution in [2.45, 2.75) is 39.7 Å². The first kappa shape index (κ1) is 27.0. The molecule has 0 radical (unpaired) electrons. The molecule has 0 bridgehead atoms. The van der Waals surface area contributed by atoms with Crippen LogP contribution in [0.1, 0.15) is 54.3 Å². The van der Waals surface area contributed by atoms with Gasteiger partial charge in [-0.05, 0) is 63.9 Å². The maximum absolute atomic E-state index is 13.1. The van der Waals surface area contributed by atoms with Gasteiger partial charge in [0, 0.05) is 30.3 Å². The van der Waals surface area contributed by atoms with Crippen LogP contribution in [0.2, 0.25) is 0 Å². The number of ether oxygens (including phenoxy) is 5. The molecule has 0 saturated carbocycles. The first-order valence-corrected chi connectivity index (χ1v) is 12.3. The van der Waals surface area contributed by atoms with Gasteiger partial charge in [-0.2, -0.15) is 0 Å². The zero-order valence-corrected chi connectivity index (χ0v) is 21.7. The predicted molar refractivity (Wildman–Crippen MR) is 136 cm³/mol. The number of hydrogen-bond acceptors (Lipinski definition) is 7. The van der Waals surface area contributed by atoms with Gasteiger partial charge in [-0.15, -0.1) is 0 Å². The molecule has 1 aliphatic rings. The molecule has 0 aliphatic carbocycles. The third kappa shape index (κ3) is 6.33. The molecular weight excluding hydrogens is 464 g/mol. The topological polar surface area (TPSA) is 95.6 Å². The Morgan fingerprint density at radius 3 is 1.89 bits per heavy atom. The second-order valence-corrected chi connectivity index (χ2v) is 8.21. The van der Waals surface area contributed by atoms with Crippen LogP contribution in [0.4, 0.5) is 0 Å². The zero-order valence-electron chi connectivity index (χ0n) is 21.7. The lowest BCUT2D eigenvalue weighted by molar-refractivity contribution is 0.0697. The lowest BCUT2D eigenvalue weighted by atomic mass is 10.0. The lowest BCUT2D eigenvalue weighted by Crippen LogP contribution is -2.46. The maximum atomic E-state index is 13.1. The minimum absolute atomic E-state index is 0.0513. The van der Waals surface area contributed by atoms with Crippen molar-refractivity contribution < 1.29 is 33.3 Å². The van der Waals surface area contributed by atoms with E-state index in [1.165, 1.54) is 0 Å². The largest absolute Gasteiger partial charge is 0.493 e. The van der Waals surface area contributed by atoms with Gasteiger partial charge in [-0.1, -0.05) is 0 Å². The minimum atomic E-state index is -0.218. The van der Waals surface area contributed by atoms with Gasteiger partial charge < -0.3 is 33.9 Å². The molecule has 196 valence electrons. The molecule has 0 atom stereocenters. The van der Waals surface area contributed by atoms with Gasteiger partial charge in [-0.25, -0.2) is 0 Å². The molecule has 1 heterocycles. The molecule has 2 amide bonds. The monoisotopic (exact) mass is 500 g/mol.